The molecular weight excluding hydrogens is 316 g/mol. The average Bonchev–Trinajstić information content (AvgIpc) is 2.85. The predicted molar refractivity (Wildman–Crippen MR) is 96.6 cm³/mol. The van der Waals surface area contributed by atoms with Crippen molar-refractivity contribution >= 4 is 17.4 Å². The van der Waals surface area contributed by atoms with Crippen LogP contribution >= 0.6 is 0 Å². The number of nitrogens with zero attached hydrogens (tertiary/aromatic N) is 2. The summed E-state index contributed by atoms with van der Waals surface area (Å²) in [5.74, 6) is -0.262. The van der Waals surface area contributed by atoms with E-state index in [9.17, 15) is 14.7 Å². The number of aliphatic hydroxyl groups excluding tert-OH is 1. The van der Waals surface area contributed by atoms with E-state index < -0.39 is 0 Å². The molecule has 1 aromatic carbocycles. The van der Waals surface area contributed by atoms with Crippen LogP contribution in [0.15, 0.2) is 23.9 Å². The van der Waals surface area contributed by atoms with E-state index in [0.29, 0.717) is 24.4 Å². The first kappa shape index (κ1) is 17.7. The van der Waals surface area contributed by atoms with E-state index in [0.717, 1.165) is 36.1 Å². The van der Waals surface area contributed by atoms with E-state index in [1.165, 1.54) is 4.90 Å². The molecular formula is C20H26N2O3. The zero-order valence-corrected chi connectivity index (χ0v) is 15.2. The van der Waals surface area contributed by atoms with Gasteiger partial charge in [0.1, 0.15) is 5.70 Å². The highest BCUT2D eigenvalue weighted by atomic mass is 16.3. The number of carbonyl (C=O) groups is 2. The minimum absolute atomic E-state index is 0.113. The third-order valence-electron chi connectivity index (χ3n) is 5.20. The number of amides is 2. The molecule has 0 aromatic heterocycles. The van der Waals surface area contributed by atoms with Crippen molar-refractivity contribution in [3.63, 3.8) is 0 Å². The Kier molecular flexibility index (Phi) is 4.95. The van der Waals surface area contributed by atoms with Crippen molar-refractivity contribution in [2.45, 2.75) is 33.6 Å². The van der Waals surface area contributed by atoms with Crippen LogP contribution in [0.1, 0.15) is 36.5 Å². The van der Waals surface area contributed by atoms with Crippen molar-refractivity contribution in [3.8, 4) is 0 Å². The highest BCUT2D eigenvalue weighted by molar-refractivity contribution is 6.35. The summed E-state index contributed by atoms with van der Waals surface area (Å²) in [6.07, 6.45) is 1.88. The second kappa shape index (κ2) is 7.00. The van der Waals surface area contributed by atoms with Gasteiger partial charge in [0.25, 0.3) is 11.8 Å². The molecule has 1 atom stereocenters. The van der Waals surface area contributed by atoms with Gasteiger partial charge in [0.15, 0.2) is 0 Å². The number of piperidine rings is 1. The quantitative estimate of drug-likeness (QED) is 0.852. The molecule has 0 saturated carbocycles. The second-order valence-electron chi connectivity index (χ2n) is 7.03. The van der Waals surface area contributed by atoms with Crippen molar-refractivity contribution < 1.29 is 14.7 Å². The van der Waals surface area contributed by atoms with Gasteiger partial charge in [0.2, 0.25) is 0 Å². The SMILES string of the molecule is CCN1C(=O)C(c2ccc(C)cc2C)=C(N2CCCC(CO)C2)C1=O. The van der Waals surface area contributed by atoms with Gasteiger partial charge in [-0.1, -0.05) is 23.8 Å². The summed E-state index contributed by atoms with van der Waals surface area (Å²) in [5.41, 5.74) is 3.99. The number of carbonyl (C=O) groups excluding carboxylic acids is 2. The van der Waals surface area contributed by atoms with E-state index in [2.05, 4.69) is 0 Å². The largest absolute Gasteiger partial charge is 0.396 e. The van der Waals surface area contributed by atoms with Gasteiger partial charge in [-0.2, -0.15) is 0 Å². The molecule has 0 spiro atoms. The molecule has 0 aliphatic carbocycles. The molecule has 134 valence electrons. The minimum atomic E-state index is -0.208. The Labute approximate surface area is 148 Å². The predicted octanol–water partition coefficient (Wildman–Crippen LogP) is 2.11. The lowest BCUT2D eigenvalue weighted by atomic mass is 9.95. The van der Waals surface area contributed by atoms with Gasteiger partial charge in [-0.3, -0.25) is 14.5 Å². The topological polar surface area (TPSA) is 60.9 Å². The van der Waals surface area contributed by atoms with Gasteiger partial charge < -0.3 is 10.0 Å². The van der Waals surface area contributed by atoms with Crippen LogP contribution in [-0.2, 0) is 9.59 Å². The molecule has 0 bridgehead atoms. The van der Waals surface area contributed by atoms with Crippen LogP contribution in [0.5, 0.6) is 0 Å². The maximum absolute atomic E-state index is 13.0. The molecule has 25 heavy (non-hydrogen) atoms. The van der Waals surface area contributed by atoms with Gasteiger partial charge >= 0.3 is 0 Å². The number of benzene rings is 1. The average molecular weight is 342 g/mol. The number of rotatable bonds is 4. The van der Waals surface area contributed by atoms with Crippen molar-refractivity contribution in [2.24, 2.45) is 5.92 Å². The summed E-state index contributed by atoms with van der Waals surface area (Å²) in [6.45, 7) is 7.67. The standard InChI is InChI=1S/C20H26N2O3/c1-4-22-19(24)17(16-8-7-13(2)10-14(16)3)18(20(22)25)21-9-5-6-15(11-21)12-23/h7-8,10,15,23H,4-6,9,11-12H2,1-3H3. The number of hydrogen-bond acceptors (Lipinski definition) is 4. The van der Waals surface area contributed by atoms with Crippen LogP contribution < -0.4 is 0 Å². The van der Waals surface area contributed by atoms with E-state index in [1.54, 1.807) is 0 Å². The summed E-state index contributed by atoms with van der Waals surface area (Å²) in [6, 6.07) is 5.96. The number of imide groups is 1. The first-order valence-electron chi connectivity index (χ1n) is 9.01. The van der Waals surface area contributed by atoms with E-state index >= 15 is 0 Å². The number of hydrogen-bond donors (Lipinski definition) is 1. The third kappa shape index (κ3) is 3.09. The second-order valence-corrected chi connectivity index (χ2v) is 7.03. The summed E-state index contributed by atoms with van der Waals surface area (Å²) in [4.78, 5) is 29.2. The van der Waals surface area contributed by atoms with Gasteiger partial charge in [0.05, 0.1) is 5.57 Å². The Bertz CT molecular complexity index is 738. The lowest BCUT2D eigenvalue weighted by Gasteiger charge is -2.34. The smallest absolute Gasteiger partial charge is 0.277 e. The van der Waals surface area contributed by atoms with Crippen LogP contribution in [0, 0.1) is 19.8 Å². The first-order valence-corrected chi connectivity index (χ1v) is 9.01. The first-order chi connectivity index (χ1) is 12.0. The Morgan fingerprint density at radius 3 is 2.60 bits per heavy atom. The number of aliphatic hydroxyl groups is 1. The molecule has 2 aliphatic heterocycles. The minimum Gasteiger partial charge on any atom is -0.396 e. The lowest BCUT2D eigenvalue weighted by Crippen LogP contribution is -2.40. The lowest BCUT2D eigenvalue weighted by molar-refractivity contribution is -0.137. The van der Waals surface area contributed by atoms with Crippen molar-refractivity contribution in [3.05, 3.63) is 40.6 Å². The van der Waals surface area contributed by atoms with Gasteiger partial charge in [0, 0.05) is 26.2 Å². The molecule has 1 aromatic rings. The van der Waals surface area contributed by atoms with Crippen molar-refractivity contribution in [1.29, 1.82) is 0 Å². The van der Waals surface area contributed by atoms with Crippen LogP contribution in [-0.4, -0.2) is 53.0 Å². The van der Waals surface area contributed by atoms with Crippen LogP contribution in [0.3, 0.4) is 0 Å². The Morgan fingerprint density at radius 2 is 1.96 bits per heavy atom. The summed E-state index contributed by atoms with van der Waals surface area (Å²) >= 11 is 0. The highest BCUT2D eigenvalue weighted by Crippen LogP contribution is 2.35. The number of aryl methyl sites for hydroxylation is 2. The molecule has 2 aliphatic rings. The van der Waals surface area contributed by atoms with Crippen LogP contribution in [0.2, 0.25) is 0 Å². The molecule has 2 amide bonds. The van der Waals surface area contributed by atoms with Gasteiger partial charge in [-0.05, 0) is 50.7 Å². The number of likely N-dealkylation sites (tertiary alicyclic amines) is 1. The third-order valence-corrected chi connectivity index (χ3v) is 5.20. The normalized spacial score (nSPS) is 21.5. The maximum atomic E-state index is 13.0. The van der Waals surface area contributed by atoms with Gasteiger partial charge in [-0.25, -0.2) is 0 Å². The fraction of sp³-hybridized carbons (Fsp3) is 0.500. The molecule has 1 unspecified atom stereocenters. The summed E-state index contributed by atoms with van der Waals surface area (Å²) in [5, 5.41) is 9.52. The zero-order valence-electron chi connectivity index (χ0n) is 15.2. The molecule has 5 heteroatoms. The Balaban J connectivity index is 2.11. The Hall–Kier alpha value is -2.14. The van der Waals surface area contributed by atoms with E-state index in [4.69, 9.17) is 0 Å². The van der Waals surface area contributed by atoms with Crippen LogP contribution in [0.4, 0.5) is 0 Å². The summed E-state index contributed by atoms with van der Waals surface area (Å²) in [7, 11) is 0. The van der Waals surface area contributed by atoms with Crippen molar-refractivity contribution in [2.75, 3.05) is 26.2 Å². The maximum Gasteiger partial charge on any atom is 0.277 e. The fourth-order valence-electron chi connectivity index (χ4n) is 3.90. The Morgan fingerprint density at radius 1 is 1.20 bits per heavy atom. The molecule has 2 heterocycles. The number of likely N-dealkylation sites (N-methyl/N-ethyl adjacent to an activating group) is 1. The van der Waals surface area contributed by atoms with E-state index in [1.807, 2.05) is 43.9 Å². The molecule has 1 N–H and O–H groups in total. The summed E-state index contributed by atoms with van der Waals surface area (Å²) < 4.78 is 0. The van der Waals surface area contributed by atoms with E-state index in [-0.39, 0.29) is 24.3 Å². The fourth-order valence-corrected chi connectivity index (χ4v) is 3.90. The van der Waals surface area contributed by atoms with Gasteiger partial charge in [-0.15, -0.1) is 0 Å². The zero-order chi connectivity index (χ0) is 18.1. The molecule has 3 rings (SSSR count). The molecule has 1 saturated heterocycles. The van der Waals surface area contributed by atoms with Crippen LogP contribution in [0.25, 0.3) is 5.57 Å². The molecule has 0 radical (unpaired) electrons. The monoisotopic (exact) mass is 342 g/mol. The van der Waals surface area contributed by atoms with Crippen molar-refractivity contribution in [1.82, 2.24) is 9.80 Å². The molecule has 5 nitrogen and oxygen atoms in total. The highest BCUT2D eigenvalue weighted by Gasteiger charge is 2.42. The molecule has 1 fully saturated rings.